The van der Waals surface area contributed by atoms with Crippen LogP contribution in [-0.2, 0) is 4.79 Å². The van der Waals surface area contributed by atoms with Crippen molar-refractivity contribution in [1.82, 2.24) is 0 Å². The van der Waals surface area contributed by atoms with Crippen molar-refractivity contribution < 1.29 is 4.79 Å². The highest BCUT2D eigenvalue weighted by Gasteiger charge is 2.44. The molecule has 3 atom stereocenters. The molecule has 3 aliphatic carbocycles. The summed E-state index contributed by atoms with van der Waals surface area (Å²) in [6.07, 6.45) is 12.2. The summed E-state index contributed by atoms with van der Waals surface area (Å²) < 4.78 is 0. The molecule has 2 nitrogen and oxygen atoms in total. The predicted octanol–water partition coefficient (Wildman–Crippen LogP) is 3.29. The Balaban J connectivity index is 1.63. The molecule has 0 radical (unpaired) electrons. The van der Waals surface area contributed by atoms with Crippen LogP contribution < -0.4 is 5.73 Å². The number of carbonyl (C=O) groups is 1. The van der Waals surface area contributed by atoms with Gasteiger partial charge in [0, 0.05) is 18.4 Å². The van der Waals surface area contributed by atoms with E-state index < -0.39 is 0 Å². The number of Topliss-reactive ketones (excluding diaryl/α,β-unsaturated/α-hetero) is 1. The van der Waals surface area contributed by atoms with Crippen LogP contribution in [0.15, 0.2) is 0 Å². The number of carbonyl (C=O) groups excluding carboxylic acids is 1. The maximum atomic E-state index is 12.7. The number of rotatable bonds is 4. The molecule has 102 valence electrons. The van der Waals surface area contributed by atoms with Crippen LogP contribution in [-0.4, -0.2) is 12.3 Å². The van der Waals surface area contributed by atoms with Crippen LogP contribution in [0.3, 0.4) is 0 Å². The van der Waals surface area contributed by atoms with E-state index in [1.165, 1.54) is 44.9 Å². The number of fused-ring (bicyclic) bond motifs is 2. The molecule has 3 aliphatic rings. The van der Waals surface area contributed by atoms with Crippen molar-refractivity contribution in [3.8, 4) is 0 Å². The maximum absolute atomic E-state index is 12.7. The van der Waals surface area contributed by atoms with Crippen LogP contribution in [0, 0.1) is 23.2 Å². The minimum Gasteiger partial charge on any atom is -0.329 e. The Morgan fingerprint density at radius 1 is 1.11 bits per heavy atom. The normalized spacial score (nSPS) is 37.9. The second kappa shape index (κ2) is 4.96. The fourth-order valence-corrected chi connectivity index (χ4v) is 4.91. The van der Waals surface area contributed by atoms with E-state index in [1.54, 1.807) is 0 Å². The van der Waals surface area contributed by atoms with Gasteiger partial charge in [0.05, 0.1) is 0 Å². The average molecular weight is 249 g/mol. The van der Waals surface area contributed by atoms with E-state index in [2.05, 4.69) is 0 Å². The minimum absolute atomic E-state index is 0.125. The first-order valence-corrected chi connectivity index (χ1v) is 7.97. The highest BCUT2D eigenvalue weighted by molar-refractivity contribution is 5.85. The van der Waals surface area contributed by atoms with Gasteiger partial charge in [0.1, 0.15) is 5.78 Å². The third kappa shape index (κ3) is 2.13. The zero-order valence-corrected chi connectivity index (χ0v) is 11.5. The van der Waals surface area contributed by atoms with Crippen LogP contribution in [0.2, 0.25) is 0 Å². The van der Waals surface area contributed by atoms with Gasteiger partial charge in [-0.3, -0.25) is 4.79 Å². The van der Waals surface area contributed by atoms with Gasteiger partial charge in [-0.25, -0.2) is 0 Å². The topological polar surface area (TPSA) is 43.1 Å². The van der Waals surface area contributed by atoms with Crippen LogP contribution in [0.1, 0.15) is 64.2 Å². The molecule has 18 heavy (non-hydrogen) atoms. The van der Waals surface area contributed by atoms with Crippen molar-refractivity contribution in [1.29, 1.82) is 0 Å². The summed E-state index contributed by atoms with van der Waals surface area (Å²) in [5, 5.41) is 0. The molecule has 3 rings (SSSR count). The molecule has 0 saturated heterocycles. The van der Waals surface area contributed by atoms with Gasteiger partial charge in [-0.1, -0.05) is 25.7 Å². The zero-order chi connectivity index (χ0) is 12.6. The Morgan fingerprint density at radius 3 is 2.44 bits per heavy atom. The van der Waals surface area contributed by atoms with Gasteiger partial charge in [-0.05, 0) is 49.9 Å². The quantitative estimate of drug-likeness (QED) is 0.830. The van der Waals surface area contributed by atoms with Crippen LogP contribution in [0.5, 0.6) is 0 Å². The summed E-state index contributed by atoms with van der Waals surface area (Å²) in [5.41, 5.74) is 5.84. The first-order valence-electron chi connectivity index (χ1n) is 7.97. The second-order valence-electron chi connectivity index (χ2n) is 7.11. The Labute approximate surface area is 111 Å². The Morgan fingerprint density at radius 2 is 1.89 bits per heavy atom. The standard InChI is InChI=1S/C16H27NO/c17-11-16(6-2-1-3-7-16)15(18)10-14-9-12-4-5-13(14)8-12/h12-14H,1-11,17H2. The van der Waals surface area contributed by atoms with Crippen LogP contribution in [0.25, 0.3) is 0 Å². The first-order chi connectivity index (χ1) is 8.73. The Bertz CT molecular complexity index is 319. The van der Waals surface area contributed by atoms with E-state index in [1.807, 2.05) is 0 Å². The van der Waals surface area contributed by atoms with Crippen LogP contribution in [0.4, 0.5) is 0 Å². The van der Waals surface area contributed by atoms with E-state index >= 15 is 0 Å². The van der Waals surface area contributed by atoms with Crippen molar-refractivity contribution >= 4 is 5.78 Å². The molecule has 3 unspecified atom stereocenters. The highest BCUT2D eigenvalue weighted by atomic mass is 16.1. The largest absolute Gasteiger partial charge is 0.329 e. The summed E-state index contributed by atoms with van der Waals surface area (Å²) in [7, 11) is 0. The number of ketones is 1. The van der Waals surface area contributed by atoms with E-state index in [0.29, 0.717) is 18.2 Å². The second-order valence-corrected chi connectivity index (χ2v) is 7.11. The van der Waals surface area contributed by atoms with Crippen LogP contribution >= 0.6 is 0 Å². The molecule has 0 amide bonds. The lowest BCUT2D eigenvalue weighted by atomic mass is 9.68. The summed E-state index contributed by atoms with van der Waals surface area (Å²) >= 11 is 0. The Kier molecular flexibility index (Phi) is 3.48. The lowest BCUT2D eigenvalue weighted by Crippen LogP contribution is -2.41. The summed E-state index contributed by atoms with van der Waals surface area (Å²) in [6.45, 7) is 0.590. The molecule has 0 spiro atoms. The van der Waals surface area contributed by atoms with Gasteiger partial charge >= 0.3 is 0 Å². The molecule has 0 aromatic carbocycles. The zero-order valence-electron chi connectivity index (χ0n) is 11.5. The number of hydrogen-bond acceptors (Lipinski definition) is 2. The van der Waals surface area contributed by atoms with Crippen molar-refractivity contribution in [2.75, 3.05) is 6.54 Å². The number of nitrogens with two attached hydrogens (primary N) is 1. The van der Waals surface area contributed by atoms with Gasteiger partial charge in [0.2, 0.25) is 0 Å². The molecule has 3 fully saturated rings. The van der Waals surface area contributed by atoms with Gasteiger partial charge in [-0.2, -0.15) is 0 Å². The highest BCUT2D eigenvalue weighted by Crippen LogP contribution is 2.50. The van der Waals surface area contributed by atoms with Gasteiger partial charge in [-0.15, -0.1) is 0 Å². The molecule has 3 saturated carbocycles. The predicted molar refractivity (Wildman–Crippen MR) is 73.1 cm³/mol. The van der Waals surface area contributed by atoms with Crippen molar-refractivity contribution in [3.63, 3.8) is 0 Å². The van der Waals surface area contributed by atoms with Gasteiger partial charge in [0.15, 0.2) is 0 Å². The number of hydrogen-bond donors (Lipinski definition) is 1. The summed E-state index contributed by atoms with van der Waals surface area (Å²) in [4.78, 5) is 12.7. The van der Waals surface area contributed by atoms with Gasteiger partial charge in [0.25, 0.3) is 0 Å². The van der Waals surface area contributed by atoms with Gasteiger partial charge < -0.3 is 5.73 Å². The fourth-order valence-electron chi connectivity index (χ4n) is 4.91. The van der Waals surface area contributed by atoms with Crippen molar-refractivity contribution in [2.45, 2.75) is 64.2 Å². The first kappa shape index (κ1) is 12.7. The molecule has 2 heteroatoms. The summed E-state index contributed by atoms with van der Waals surface area (Å²) in [5.74, 6) is 3.05. The fraction of sp³-hybridized carbons (Fsp3) is 0.938. The molecule has 0 heterocycles. The monoisotopic (exact) mass is 249 g/mol. The lowest BCUT2D eigenvalue weighted by Gasteiger charge is -2.36. The smallest absolute Gasteiger partial charge is 0.140 e. The third-order valence-electron chi connectivity index (χ3n) is 6.13. The van der Waals surface area contributed by atoms with E-state index in [4.69, 9.17) is 5.73 Å². The average Bonchev–Trinajstić information content (AvgIpc) is 3.01. The Hall–Kier alpha value is -0.370. The summed E-state index contributed by atoms with van der Waals surface area (Å²) in [6, 6.07) is 0. The van der Waals surface area contributed by atoms with E-state index in [0.717, 1.165) is 31.1 Å². The molecular formula is C16H27NO. The molecule has 0 aliphatic heterocycles. The molecule has 2 N–H and O–H groups in total. The van der Waals surface area contributed by atoms with Crippen molar-refractivity contribution in [3.05, 3.63) is 0 Å². The molecule has 2 bridgehead atoms. The van der Waals surface area contributed by atoms with Crippen molar-refractivity contribution in [2.24, 2.45) is 28.9 Å². The van der Waals surface area contributed by atoms with E-state index in [-0.39, 0.29) is 5.41 Å². The molecular weight excluding hydrogens is 222 g/mol. The lowest BCUT2D eigenvalue weighted by molar-refractivity contribution is -0.131. The minimum atomic E-state index is -0.125. The molecule has 0 aromatic heterocycles. The van der Waals surface area contributed by atoms with E-state index in [9.17, 15) is 4.79 Å². The maximum Gasteiger partial charge on any atom is 0.140 e. The molecule has 0 aromatic rings. The SMILES string of the molecule is NCC1(C(=O)CC2CC3CCC2C3)CCCCC1. The third-order valence-corrected chi connectivity index (χ3v) is 6.13.